The van der Waals surface area contributed by atoms with Crippen LogP contribution in [0.15, 0.2) is 52.0 Å². The number of fused-ring (bicyclic) bond motifs is 2. The van der Waals surface area contributed by atoms with Crippen LogP contribution in [0.4, 0.5) is 6.01 Å². The van der Waals surface area contributed by atoms with Crippen LogP contribution in [0.5, 0.6) is 0 Å². The molecule has 7 rings (SSSR count). The van der Waals surface area contributed by atoms with Gasteiger partial charge in [-0.3, -0.25) is 0 Å². The minimum absolute atomic E-state index is 0.118. The molecule has 2 bridgehead atoms. The van der Waals surface area contributed by atoms with E-state index >= 15 is 0 Å². The molecule has 0 amide bonds. The van der Waals surface area contributed by atoms with Gasteiger partial charge in [-0.2, -0.15) is 4.98 Å². The van der Waals surface area contributed by atoms with E-state index in [0.717, 1.165) is 35.9 Å². The normalized spacial score (nSPS) is 43.1. The Morgan fingerprint density at radius 2 is 2.00 bits per heavy atom. The fourth-order valence-electron chi connectivity index (χ4n) is 8.37. The predicted molar refractivity (Wildman–Crippen MR) is 138 cm³/mol. The molecular formula is C29H35N3O4. The lowest BCUT2D eigenvalue weighted by atomic mass is 9.54. The first-order valence-corrected chi connectivity index (χ1v) is 13.1. The molecule has 1 aromatic carbocycles. The van der Waals surface area contributed by atoms with E-state index in [2.05, 4.69) is 49.2 Å². The second-order valence-corrected chi connectivity index (χ2v) is 12.1. The number of likely N-dealkylation sites (N-methyl/N-ethyl adjacent to an activating group) is 1. The van der Waals surface area contributed by atoms with Crippen molar-refractivity contribution in [2.75, 3.05) is 19.8 Å². The molecule has 3 aliphatic carbocycles. The lowest BCUT2D eigenvalue weighted by Gasteiger charge is -2.57. The first kappa shape index (κ1) is 22.7. The van der Waals surface area contributed by atoms with Crippen molar-refractivity contribution in [3.8, 4) is 0 Å². The third-order valence-electron chi connectivity index (χ3n) is 10.4. The molecule has 1 saturated heterocycles. The number of nitrogen functional groups attached to an aromatic ring is 1. The van der Waals surface area contributed by atoms with Gasteiger partial charge in [-0.15, -0.1) is 0 Å². The van der Waals surface area contributed by atoms with Crippen LogP contribution in [0, 0.1) is 17.3 Å². The summed E-state index contributed by atoms with van der Waals surface area (Å²) in [6.45, 7) is 4.68. The maximum atomic E-state index is 11.2. The number of rotatable bonds is 2. The number of allylic oxidation sites excluding steroid dienone is 3. The van der Waals surface area contributed by atoms with Crippen LogP contribution in [0.2, 0.25) is 0 Å². The number of benzene rings is 1. The highest BCUT2D eigenvalue weighted by Crippen LogP contribution is 2.69. The summed E-state index contributed by atoms with van der Waals surface area (Å²) in [5, 5.41) is 22.1. The molecule has 2 aliphatic heterocycles. The molecular weight excluding hydrogens is 454 g/mol. The number of aliphatic hydroxyl groups excluding tert-OH is 2. The number of nitrogens with two attached hydrogens (primary N) is 1. The Bertz CT molecular complexity index is 1370. The van der Waals surface area contributed by atoms with Crippen LogP contribution in [-0.2, 0) is 4.74 Å². The van der Waals surface area contributed by atoms with Crippen molar-refractivity contribution in [2.24, 2.45) is 17.3 Å². The Kier molecular flexibility index (Phi) is 4.48. The largest absolute Gasteiger partial charge is 0.424 e. The van der Waals surface area contributed by atoms with Gasteiger partial charge in [-0.1, -0.05) is 38.1 Å². The fourth-order valence-corrected chi connectivity index (χ4v) is 8.37. The smallest absolute Gasteiger partial charge is 0.292 e. The van der Waals surface area contributed by atoms with Crippen molar-refractivity contribution in [1.29, 1.82) is 0 Å². The number of hydrogen-bond acceptors (Lipinski definition) is 7. The van der Waals surface area contributed by atoms with Crippen molar-refractivity contribution in [1.82, 2.24) is 9.88 Å². The molecule has 7 heteroatoms. The number of nitrogens with zero attached hydrogens (tertiary/aromatic N) is 2. The Balaban J connectivity index is 1.33. The zero-order chi connectivity index (χ0) is 25.2. The SMILES string of the molecule is CC1C=C2C=C3[C@@H](O)[C@H](O)[C@@H](N(C)C)C[C@]34CC[C@]2(O4)C2CC=C(c3ccc4nc(N)oc4c3)[C@@]12C. The number of aromatic nitrogens is 1. The van der Waals surface area contributed by atoms with Gasteiger partial charge >= 0.3 is 0 Å². The van der Waals surface area contributed by atoms with E-state index in [-0.39, 0.29) is 34.9 Å². The second-order valence-electron chi connectivity index (χ2n) is 12.1. The van der Waals surface area contributed by atoms with Gasteiger partial charge in [0, 0.05) is 17.4 Å². The highest BCUT2D eigenvalue weighted by molar-refractivity contribution is 5.83. The molecule has 2 fully saturated rings. The van der Waals surface area contributed by atoms with E-state index in [1.165, 1.54) is 11.1 Å². The summed E-state index contributed by atoms with van der Waals surface area (Å²) in [5.74, 6) is 0.547. The summed E-state index contributed by atoms with van der Waals surface area (Å²) in [6, 6.07) is 6.23. The fraction of sp³-hybridized carbons (Fsp3) is 0.552. The number of oxazole rings is 1. The van der Waals surface area contributed by atoms with Crippen LogP contribution in [0.3, 0.4) is 0 Å². The lowest BCUT2D eigenvalue weighted by Crippen LogP contribution is -2.62. The average molecular weight is 490 g/mol. The Labute approximate surface area is 211 Å². The molecule has 36 heavy (non-hydrogen) atoms. The van der Waals surface area contributed by atoms with Crippen molar-refractivity contribution in [3.63, 3.8) is 0 Å². The van der Waals surface area contributed by atoms with E-state index in [4.69, 9.17) is 14.9 Å². The Morgan fingerprint density at radius 3 is 2.78 bits per heavy atom. The maximum absolute atomic E-state index is 11.2. The number of ether oxygens (including phenoxy) is 1. The lowest BCUT2D eigenvalue weighted by molar-refractivity contribution is -0.165. The summed E-state index contributed by atoms with van der Waals surface area (Å²) in [7, 11) is 3.94. The van der Waals surface area contributed by atoms with Crippen molar-refractivity contribution >= 4 is 22.7 Å². The van der Waals surface area contributed by atoms with Crippen molar-refractivity contribution < 1.29 is 19.4 Å². The molecule has 5 aliphatic rings. The molecule has 3 heterocycles. The molecule has 1 saturated carbocycles. The molecule has 8 atom stereocenters. The third kappa shape index (κ3) is 2.64. The van der Waals surface area contributed by atoms with E-state index in [9.17, 15) is 10.2 Å². The molecule has 2 aromatic rings. The maximum Gasteiger partial charge on any atom is 0.292 e. The first-order chi connectivity index (χ1) is 17.1. The summed E-state index contributed by atoms with van der Waals surface area (Å²) in [6.07, 6.45) is 8.63. The van der Waals surface area contributed by atoms with Gasteiger partial charge in [0.1, 0.15) is 11.6 Å². The first-order valence-electron chi connectivity index (χ1n) is 13.1. The van der Waals surface area contributed by atoms with Gasteiger partial charge < -0.3 is 30.0 Å². The van der Waals surface area contributed by atoms with Gasteiger partial charge in [-0.05, 0) is 80.1 Å². The van der Waals surface area contributed by atoms with Gasteiger partial charge in [0.05, 0.1) is 17.3 Å². The van der Waals surface area contributed by atoms with E-state index in [1.807, 2.05) is 25.1 Å². The summed E-state index contributed by atoms with van der Waals surface area (Å²) < 4.78 is 12.9. The summed E-state index contributed by atoms with van der Waals surface area (Å²) >= 11 is 0. The number of hydrogen-bond donors (Lipinski definition) is 3. The summed E-state index contributed by atoms with van der Waals surface area (Å²) in [4.78, 5) is 6.28. The highest BCUT2D eigenvalue weighted by Gasteiger charge is 2.68. The quantitative estimate of drug-likeness (QED) is 0.591. The number of anilines is 1. The molecule has 2 spiro atoms. The third-order valence-corrected chi connectivity index (χ3v) is 10.4. The van der Waals surface area contributed by atoms with Gasteiger partial charge in [0.25, 0.3) is 6.01 Å². The minimum atomic E-state index is -0.912. The van der Waals surface area contributed by atoms with Gasteiger partial charge in [-0.25, -0.2) is 0 Å². The molecule has 1 aromatic heterocycles. The minimum Gasteiger partial charge on any atom is -0.424 e. The molecule has 7 nitrogen and oxygen atoms in total. The van der Waals surface area contributed by atoms with E-state index in [0.29, 0.717) is 12.0 Å². The van der Waals surface area contributed by atoms with Crippen LogP contribution >= 0.6 is 0 Å². The Morgan fingerprint density at radius 1 is 1.19 bits per heavy atom. The van der Waals surface area contributed by atoms with E-state index in [1.54, 1.807) is 0 Å². The van der Waals surface area contributed by atoms with Crippen molar-refractivity contribution in [3.05, 3.63) is 53.1 Å². The molecule has 4 N–H and O–H groups in total. The zero-order valence-electron chi connectivity index (χ0n) is 21.4. The van der Waals surface area contributed by atoms with Crippen LogP contribution in [0.25, 0.3) is 16.7 Å². The average Bonchev–Trinajstić information content (AvgIpc) is 3.49. The molecule has 0 radical (unpaired) electrons. The molecule has 2 unspecified atom stereocenters. The van der Waals surface area contributed by atoms with Crippen LogP contribution in [-0.4, -0.2) is 63.6 Å². The molecule has 190 valence electrons. The highest BCUT2D eigenvalue weighted by atomic mass is 16.5. The Hall–Kier alpha value is -2.45. The zero-order valence-corrected chi connectivity index (χ0v) is 21.4. The van der Waals surface area contributed by atoms with Gasteiger partial charge in [0.15, 0.2) is 5.58 Å². The standard InChI is InChI=1S/C29H35N3O4/c1-15-11-17-13-19-24(33)25(34)21(32(3)4)14-28(19)9-10-29(17,36-28)23-8-6-18(27(15,23)2)16-5-7-20-22(12-16)35-26(30)31-20/h5-7,11-13,15,21,23-25,33-34H,8-10,14H2,1-4H3,(H2,30,31)/t15?,21-,23?,24+,25+,27+,28+,29+/m0/s1. The summed E-state index contributed by atoms with van der Waals surface area (Å²) in [5.41, 5.74) is 10.8. The van der Waals surface area contributed by atoms with Crippen LogP contribution < -0.4 is 5.73 Å². The topological polar surface area (TPSA) is 105 Å². The van der Waals surface area contributed by atoms with Crippen molar-refractivity contribution in [2.45, 2.75) is 69.0 Å². The van der Waals surface area contributed by atoms with Gasteiger partial charge in [0.2, 0.25) is 0 Å². The predicted octanol–water partition coefficient (Wildman–Crippen LogP) is 3.68. The second kappa shape index (κ2) is 7.10. The van der Waals surface area contributed by atoms with Crippen LogP contribution in [0.1, 0.15) is 45.1 Å². The van der Waals surface area contributed by atoms with E-state index < -0.39 is 17.8 Å². The monoisotopic (exact) mass is 489 g/mol. The number of aliphatic hydroxyl groups is 2.